The molecule has 0 aliphatic carbocycles. The summed E-state index contributed by atoms with van der Waals surface area (Å²) in [7, 11) is 0. The zero-order valence-electron chi connectivity index (χ0n) is 20.0. The number of urea groups is 1. The monoisotopic (exact) mass is 525 g/mol. The molecule has 0 saturated heterocycles. The number of hydrogen-bond donors (Lipinski definition) is 4. The number of hydrogen-bond acceptors (Lipinski definition) is 5. The molecule has 0 radical (unpaired) electrons. The van der Waals surface area contributed by atoms with Gasteiger partial charge in [-0.05, 0) is 40.1 Å². The van der Waals surface area contributed by atoms with Gasteiger partial charge in [-0.3, -0.25) is 14.6 Å². The summed E-state index contributed by atoms with van der Waals surface area (Å²) in [6.07, 6.45) is -3.30. The van der Waals surface area contributed by atoms with E-state index in [9.17, 15) is 22.8 Å². The molecule has 4 rings (SSSR count). The number of alkyl halides is 3. The van der Waals surface area contributed by atoms with Crippen LogP contribution in [0, 0.1) is 0 Å². The summed E-state index contributed by atoms with van der Waals surface area (Å²) in [6.45, 7) is 0.735. The smallest absolute Gasteiger partial charge is 0.326 e. The molecule has 3 amide bonds. The molecule has 4 aromatic rings. The van der Waals surface area contributed by atoms with Crippen molar-refractivity contribution in [3.8, 4) is 0 Å². The van der Waals surface area contributed by atoms with E-state index in [-0.39, 0.29) is 23.7 Å². The lowest BCUT2D eigenvalue weighted by atomic mass is 10.1. The molecule has 0 bridgehead atoms. The van der Waals surface area contributed by atoms with Gasteiger partial charge in [0.2, 0.25) is 17.7 Å². The molecule has 0 spiro atoms. The number of nitrogens with one attached hydrogen (secondary N) is 3. The van der Waals surface area contributed by atoms with Crippen LogP contribution in [0.5, 0.6) is 0 Å². The summed E-state index contributed by atoms with van der Waals surface area (Å²) in [6, 6.07) is 18.2. The summed E-state index contributed by atoms with van der Waals surface area (Å²) in [5, 5.41) is 11.0. The highest BCUT2D eigenvalue weighted by Gasteiger charge is 2.31. The maximum atomic E-state index is 13.5. The van der Waals surface area contributed by atoms with Crippen molar-refractivity contribution in [1.82, 2.24) is 5.27 Å². The zero-order valence-corrected chi connectivity index (χ0v) is 20.0. The first-order valence-corrected chi connectivity index (χ1v) is 11.5. The van der Waals surface area contributed by atoms with Crippen LogP contribution in [-0.2, 0) is 30.5 Å². The maximum absolute atomic E-state index is 13.5. The molecule has 0 aliphatic rings. The molecule has 12 heteroatoms. The van der Waals surface area contributed by atoms with Crippen LogP contribution >= 0.6 is 0 Å². The maximum Gasteiger partial charge on any atom is 0.416 e. The first-order valence-electron chi connectivity index (χ1n) is 11.5. The van der Waals surface area contributed by atoms with Gasteiger partial charge in [-0.2, -0.15) is 13.2 Å². The Morgan fingerprint density at radius 2 is 1.55 bits per heavy atom. The summed E-state index contributed by atoms with van der Waals surface area (Å²) in [5.41, 5.74) is 6.87. The van der Waals surface area contributed by atoms with Crippen LogP contribution in [0.3, 0.4) is 0 Å². The highest BCUT2D eigenvalue weighted by molar-refractivity contribution is 6.00. The van der Waals surface area contributed by atoms with Gasteiger partial charge in [-0.25, -0.2) is 4.79 Å². The quantitative estimate of drug-likeness (QED) is 0.255. The van der Waals surface area contributed by atoms with Crippen molar-refractivity contribution in [1.29, 1.82) is 0 Å². The van der Waals surface area contributed by atoms with Gasteiger partial charge in [0.25, 0.3) is 6.20 Å². The Morgan fingerprint density at radius 1 is 0.868 bits per heavy atom. The highest BCUT2D eigenvalue weighted by Crippen LogP contribution is 2.33. The van der Waals surface area contributed by atoms with Gasteiger partial charge in [-0.1, -0.05) is 48.5 Å². The van der Waals surface area contributed by atoms with Crippen molar-refractivity contribution in [2.75, 3.05) is 16.0 Å². The van der Waals surface area contributed by atoms with Gasteiger partial charge in [0, 0.05) is 23.5 Å². The molecule has 9 nitrogen and oxygen atoms in total. The fraction of sp³-hybridized carbons (Fsp3) is 0.154. The number of carbonyl (C=O) groups is 2. The van der Waals surface area contributed by atoms with Crippen molar-refractivity contribution in [2.24, 2.45) is 5.73 Å². The molecule has 3 aromatic carbocycles. The van der Waals surface area contributed by atoms with E-state index in [1.54, 1.807) is 30.3 Å². The highest BCUT2D eigenvalue weighted by atomic mass is 19.4. The van der Waals surface area contributed by atoms with Crippen LogP contribution in [0.4, 0.5) is 35.2 Å². The Morgan fingerprint density at radius 3 is 2.26 bits per heavy atom. The molecular formula is C26H24F3N6O3+. The minimum absolute atomic E-state index is 0.0255. The molecule has 0 aliphatic heterocycles. The summed E-state index contributed by atoms with van der Waals surface area (Å²) >= 11 is 0. The van der Waals surface area contributed by atoms with Crippen LogP contribution in [0.2, 0.25) is 0 Å². The van der Waals surface area contributed by atoms with Gasteiger partial charge >= 0.3 is 18.1 Å². The average molecular weight is 526 g/mol. The molecule has 1 aromatic heterocycles. The number of amides is 3. The fourth-order valence-corrected chi connectivity index (χ4v) is 3.65. The second-order valence-electron chi connectivity index (χ2n) is 8.37. The first-order chi connectivity index (χ1) is 18.2. The SMILES string of the molecule is NCc1cccc(C[n+]2cc(NC(=O)Nc3cc(NC(=O)Cc4ccccc4)cc(C(F)(F)F)c3)on2)c1. The third-order valence-electron chi connectivity index (χ3n) is 5.33. The van der Waals surface area contributed by atoms with Gasteiger partial charge in [0.1, 0.15) is 0 Å². The first kappa shape index (κ1) is 26.4. The Labute approximate surface area is 215 Å². The normalized spacial score (nSPS) is 11.2. The number of aromatic nitrogens is 2. The average Bonchev–Trinajstić information content (AvgIpc) is 3.30. The van der Waals surface area contributed by atoms with E-state index in [2.05, 4.69) is 21.2 Å². The lowest BCUT2D eigenvalue weighted by Gasteiger charge is -2.14. The minimum atomic E-state index is -4.70. The second-order valence-corrected chi connectivity index (χ2v) is 8.37. The van der Waals surface area contributed by atoms with Crippen LogP contribution < -0.4 is 26.4 Å². The van der Waals surface area contributed by atoms with Gasteiger partial charge in [0.05, 0.1) is 12.0 Å². The molecule has 0 saturated carbocycles. The molecule has 196 valence electrons. The largest absolute Gasteiger partial charge is 0.416 e. The summed E-state index contributed by atoms with van der Waals surface area (Å²) < 4.78 is 46.9. The molecule has 0 fully saturated rings. The van der Waals surface area contributed by atoms with E-state index in [0.717, 1.165) is 23.3 Å². The topological polar surface area (TPSA) is 126 Å². The van der Waals surface area contributed by atoms with Crippen molar-refractivity contribution < 1.29 is 32.0 Å². The fourth-order valence-electron chi connectivity index (χ4n) is 3.65. The van der Waals surface area contributed by atoms with Crippen molar-refractivity contribution in [3.63, 3.8) is 0 Å². The van der Waals surface area contributed by atoms with E-state index in [1.807, 2.05) is 24.3 Å². The predicted octanol–water partition coefficient (Wildman–Crippen LogP) is 4.31. The van der Waals surface area contributed by atoms with Crippen molar-refractivity contribution in [2.45, 2.75) is 25.7 Å². The number of benzene rings is 3. The second kappa shape index (κ2) is 11.6. The lowest BCUT2D eigenvalue weighted by molar-refractivity contribution is -0.754. The molecule has 0 unspecified atom stereocenters. The Balaban J connectivity index is 1.42. The Kier molecular flexibility index (Phi) is 8.02. The van der Waals surface area contributed by atoms with Gasteiger partial charge < -0.3 is 16.4 Å². The lowest BCUT2D eigenvalue weighted by Crippen LogP contribution is -2.35. The van der Waals surface area contributed by atoms with E-state index in [1.165, 1.54) is 16.9 Å². The number of rotatable bonds is 8. The van der Waals surface area contributed by atoms with Crippen molar-refractivity contribution in [3.05, 3.63) is 101 Å². The zero-order chi connectivity index (χ0) is 27.1. The molecule has 38 heavy (non-hydrogen) atoms. The predicted molar refractivity (Wildman–Crippen MR) is 133 cm³/mol. The number of nitrogens with zero attached hydrogens (tertiary/aromatic N) is 2. The molecule has 5 N–H and O–H groups in total. The number of nitrogens with two attached hydrogens (primary N) is 1. The summed E-state index contributed by atoms with van der Waals surface area (Å²) in [5.74, 6) is -0.532. The summed E-state index contributed by atoms with van der Waals surface area (Å²) in [4.78, 5) is 24.8. The van der Waals surface area contributed by atoms with Crippen LogP contribution in [0.25, 0.3) is 0 Å². The standard InChI is InChI=1S/C26H23F3N6O3/c27-26(28,29)20-11-21(31-23(36)10-17-5-2-1-3-6-17)13-22(12-20)32-25(37)33-24-16-35(34-38-24)15-19-8-4-7-18(9-19)14-30/h1-9,11-13,16H,10,14-15,30H2,(H2-,31,32,33,34,36,37)/p+1. The molecule has 0 atom stereocenters. The van der Waals surface area contributed by atoms with E-state index < -0.39 is 23.7 Å². The van der Waals surface area contributed by atoms with E-state index >= 15 is 0 Å². The van der Waals surface area contributed by atoms with Crippen molar-refractivity contribution >= 4 is 29.2 Å². The van der Waals surface area contributed by atoms with Crippen LogP contribution in [0.15, 0.2) is 83.5 Å². The minimum Gasteiger partial charge on any atom is -0.326 e. The number of carbonyl (C=O) groups excluding carboxylic acids is 2. The van der Waals surface area contributed by atoms with Crippen LogP contribution in [0.1, 0.15) is 22.3 Å². The van der Waals surface area contributed by atoms with Crippen LogP contribution in [-0.4, -0.2) is 17.2 Å². The van der Waals surface area contributed by atoms with Gasteiger partial charge in [-0.15, -0.1) is 0 Å². The Hall–Kier alpha value is -4.71. The molecular weight excluding hydrogens is 501 g/mol. The number of halogens is 3. The number of anilines is 3. The van der Waals surface area contributed by atoms with E-state index in [0.29, 0.717) is 18.7 Å². The third kappa shape index (κ3) is 7.40. The Bertz CT molecular complexity index is 1420. The van der Waals surface area contributed by atoms with E-state index in [4.69, 9.17) is 10.3 Å². The van der Waals surface area contributed by atoms with Gasteiger partial charge in [0.15, 0.2) is 0 Å². The molecule has 1 heterocycles. The third-order valence-corrected chi connectivity index (χ3v) is 5.33.